The fourth-order valence-electron chi connectivity index (χ4n) is 0.905. The van der Waals surface area contributed by atoms with Gasteiger partial charge in [-0.15, -0.1) is 11.6 Å². The van der Waals surface area contributed by atoms with E-state index in [1.165, 1.54) is 6.92 Å². The standard InChI is InChI=1S/C9H7Cl3O/c1-5(13)9(12)6-2-3-7(10)8(11)4-6/h2-4,9H,1H3. The Kier molecular flexibility index (Phi) is 3.60. The lowest BCUT2D eigenvalue weighted by Crippen LogP contribution is -2.01. The number of hydrogen-bond acceptors (Lipinski definition) is 1. The highest BCUT2D eigenvalue weighted by Gasteiger charge is 2.13. The van der Waals surface area contributed by atoms with Gasteiger partial charge in [-0.05, 0) is 24.6 Å². The van der Waals surface area contributed by atoms with E-state index in [0.717, 1.165) is 0 Å². The van der Waals surface area contributed by atoms with Crippen LogP contribution >= 0.6 is 34.8 Å². The van der Waals surface area contributed by atoms with Crippen LogP contribution in [0, 0.1) is 0 Å². The van der Waals surface area contributed by atoms with E-state index >= 15 is 0 Å². The van der Waals surface area contributed by atoms with E-state index in [9.17, 15) is 4.79 Å². The molecule has 0 bridgehead atoms. The first-order chi connectivity index (χ1) is 6.02. The second-order valence-corrected chi connectivity index (χ2v) is 3.90. The first-order valence-electron chi connectivity index (χ1n) is 3.62. The number of ketones is 1. The van der Waals surface area contributed by atoms with E-state index < -0.39 is 5.38 Å². The number of halogens is 3. The molecule has 1 rings (SSSR count). The van der Waals surface area contributed by atoms with Crippen LogP contribution in [0.1, 0.15) is 17.9 Å². The number of carbonyl (C=O) groups excluding carboxylic acids is 1. The van der Waals surface area contributed by atoms with Gasteiger partial charge in [0.2, 0.25) is 0 Å². The van der Waals surface area contributed by atoms with E-state index in [0.29, 0.717) is 15.6 Å². The van der Waals surface area contributed by atoms with Crippen molar-refractivity contribution < 1.29 is 4.79 Å². The third-order valence-corrected chi connectivity index (χ3v) is 2.89. The molecule has 0 N–H and O–H groups in total. The Bertz CT molecular complexity index is 336. The monoisotopic (exact) mass is 236 g/mol. The molecular formula is C9H7Cl3O. The zero-order chi connectivity index (χ0) is 10.0. The minimum absolute atomic E-state index is 0.111. The maximum atomic E-state index is 10.9. The largest absolute Gasteiger partial charge is 0.298 e. The second kappa shape index (κ2) is 4.32. The van der Waals surface area contributed by atoms with Gasteiger partial charge in [0.15, 0.2) is 5.78 Å². The first kappa shape index (κ1) is 10.8. The third kappa shape index (κ3) is 2.60. The number of hydrogen-bond donors (Lipinski definition) is 0. The van der Waals surface area contributed by atoms with Crippen LogP contribution in [0.2, 0.25) is 10.0 Å². The third-order valence-electron chi connectivity index (χ3n) is 1.59. The first-order valence-corrected chi connectivity index (χ1v) is 4.81. The van der Waals surface area contributed by atoms with E-state index in [-0.39, 0.29) is 5.78 Å². The molecule has 0 radical (unpaired) electrons. The molecule has 0 spiro atoms. The Morgan fingerprint density at radius 1 is 1.31 bits per heavy atom. The Labute approximate surface area is 91.6 Å². The van der Waals surface area contributed by atoms with Crippen molar-refractivity contribution in [2.24, 2.45) is 0 Å². The van der Waals surface area contributed by atoms with Crippen LogP contribution < -0.4 is 0 Å². The molecule has 0 aromatic heterocycles. The van der Waals surface area contributed by atoms with Crippen LogP contribution in [0.3, 0.4) is 0 Å². The van der Waals surface area contributed by atoms with Crippen LogP contribution in [0.5, 0.6) is 0 Å². The predicted molar refractivity (Wildman–Crippen MR) is 55.7 cm³/mol. The lowest BCUT2D eigenvalue weighted by atomic mass is 10.1. The van der Waals surface area contributed by atoms with Crippen LogP contribution in [0.25, 0.3) is 0 Å². The summed E-state index contributed by atoms with van der Waals surface area (Å²) >= 11 is 17.3. The number of Topliss-reactive ketones (excluding diaryl/α,β-unsaturated/α-hetero) is 1. The molecule has 0 aliphatic heterocycles. The number of alkyl halides is 1. The molecule has 1 aromatic carbocycles. The average molecular weight is 238 g/mol. The zero-order valence-electron chi connectivity index (χ0n) is 6.85. The average Bonchev–Trinajstić information content (AvgIpc) is 2.08. The number of benzene rings is 1. The van der Waals surface area contributed by atoms with Gasteiger partial charge in [0.25, 0.3) is 0 Å². The Hall–Kier alpha value is -0.240. The highest BCUT2D eigenvalue weighted by molar-refractivity contribution is 6.42. The summed E-state index contributed by atoms with van der Waals surface area (Å²) in [5.41, 5.74) is 0.670. The van der Waals surface area contributed by atoms with Crippen LogP contribution in [0.4, 0.5) is 0 Å². The lowest BCUT2D eigenvalue weighted by molar-refractivity contribution is -0.116. The molecule has 13 heavy (non-hydrogen) atoms. The molecule has 0 fully saturated rings. The predicted octanol–water partition coefficient (Wildman–Crippen LogP) is 3.86. The molecule has 0 aliphatic rings. The van der Waals surface area contributed by atoms with Crippen LogP contribution in [-0.2, 0) is 4.79 Å². The molecule has 0 saturated carbocycles. The smallest absolute Gasteiger partial charge is 0.152 e. The normalized spacial score (nSPS) is 12.6. The molecule has 1 nitrogen and oxygen atoms in total. The van der Waals surface area contributed by atoms with Gasteiger partial charge >= 0.3 is 0 Å². The summed E-state index contributed by atoms with van der Waals surface area (Å²) in [6.07, 6.45) is 0. The van der Waals surface area contributed by atoms with Gasteiger partial charge < -0.3 is 0 Å². The Morgan fingerprint density at radius 3 is 2.38 bits per heavy atom. The molecule has 1 unspecified atom stereocenters. The van der Waals surface area contributed by atoms with Crippen LogP contribution in [-0.4, -0.2) is 5.78 Å². The molecular weight excluding hydrogens is 230 g/mol. The van der Waals surface area contributed by atoms with Crippen molar-refractivity contribution in [1.82, 2.24) is 0 Å². The zero-order valence-corrected chi connectivity index (χ0v) is 9.12. The molecule has 0 heterocycles. The van der Waals surface area contributed by atoms with E-state index in [2.05, 4.69) is 0 Å². The molecule has 1 aromatic rings. The molecule has 70 valence electrons. The molecule has 1 atom stereocenters. The van der Waals surface area contributed by atoms with Gasteiger partial charge in [0.1, 0.15) is 5.38 Å². The minimum atomic E-state index is -0.644. The van der Waals surface area contributed by atoms with Crippen molar-refractivity contribution >= 4 is 40.6 Å². The minimum Gasteiger partial charge on any atom is -0.298 e. The summed E-state index contributed by atoms with van der Waals surface area (Å²) in [4.78, 5) is 10.9. The van der Waals surface area contributed by atoms with Crippen LogP contribution in [0.15, 0.2) is 18.2 Å². The summed E-state index contributed by atoms with van der Waals surface area (Å²) < 4.78 is 0. The van der Waals surface area contributed by atoms with Crippen molar-refractivity contribution in [3.8, 4) is 0 Å². The van der Waals surface area contributed by atoms with Crippen molar-refractivity contribution in [3.05, 3.63) is 33.8 Å². The number of rotatable bonds is 2. The van der Waals surface area contributed by atoms with Gasteiger partial charge in [0.05, 0.1) is 10.0 Å². The highest BCUT2D eigenvalue weighted by atomic mass is 35.5. The second-order valence-electron chi connectivity index (χ2n) is 2.65. The van der Waals surface area contributed by atoms with Crippen molar-refractivity contribution in [3.63, 3.8) is 0 Å². The van der Waals surface area contributed by atoms with E-state index in [1.54, 1.807) is 18.2 Å². The van der Waals surface area contributed by atoms with Gasteiger partial charge in [-0.2, -0.15) is 0 Å². The summed E-state index contributed by atoms with van der Waals surface area (Å²) in [5, 5.41) is 0.221. The number of carbonyl (C=O) groups is 1. The van der Waals surface area contributed by atoms with Gasteiger partial charge in [-0.25, -0.2) is 0 Å². The van der Waals surface area contributed by atoms with E-state index in [1.807, 2.05) is 0 Å². The Morgan fingerprint density at radius 2 is 1.92 bits per heavy atom. The maximum absolute atomic E-state index is 10.9. The SMILES string of the molecule is CC(=O)C(Cl)c1ccc(Cl)c(Cl)c1. The highest BCUT2D eigenvalue weighted by Crippen LogP contribution is 2.28. The molecule has 0 amide bonds. The molecule has 0 saturated heterocycles. The lowest BCUT2D eigenvalue weighted by Gasteiger charge is -2.06. The summed E-state index contributed by atoms with van der Waals surface area (Å²) in [6, 6.07) is 4.91. The topological polar surface area (TPSA) is 17.1 Å². The molecule has 4 heteroatoms. The van der Waals surface area contributed by atoms with Crippen molar-refractivity contribution in [2.45, 2.75) is 12.3 Å². The quantitative estimate of drug-likeness (QED) is 0.714. The summed E-state index contributed by atoms with van der Waals surface area (Å²) in [5.74, 6) is -0.111. The van der Waals surface area contributed by atoms with E-state index in [4.69, 9.17) is 34.8 Å². The fraction of sp³-hybridized carbons (Fsp3) is 0.222. The molecule has 0 aliphatic carbocycles. The fourth-order valence-corrected chi connectivity index (χ4v) is 1.35. The maximum Gasteiger partial charge on any atom is 0.152 e. The van der Waals surface area contributed by atoms with Gasteiger partial charge in [0, 0.05) is 0 Å². The van der Waals surface area contributed by atoms with Crippen molar-refractivity contribution in [1.29, 1.82) is 0 Å². The van der Waals surface area contributed by atoms with Gasteiger partial charge in [-0.3, -0.25) is 4.79 Å². The van der Waals surface area contributed by atoms with Gasteiger partial charge in [-0.1, -0.05) is 29.3 Å². The van der Waals surface area contributed by atoms with Crippen molar-refractivity contribution in [2.75, 3.05) is 0 Å². The summed E-state index contributed by atoms with van der Waals surface area (Å²) in [7, 11) is 0. The summed E-state index contributed by atoms with van der Waals surface area (Å²) in [6.45, 7) is 1.43. The Balaban J connectivity index is 3.03.